The number of benzene rings is 2. The van der Waals surface area contributed by atoms with E-state index in [1.165, 1.54) is 36.6 Å². The highest BCUT2D eigenvalue weighted by Crippen LogP contribution is 2.34. The molecule has 1 aromatic heterocycles. The van der Waals surface area contributed by atoms with Crippen molar-refractivity contribution in [2.24, 2.45) is 5.92 Å². The number of hydrogen-bond acceptors (Lipinski definition) is 5. The molecule has 1 N–H and O–H groups in total. The van der Waals surface area contributed by atoms with Crippen LogP contribution in [0.1, 0.15) is 45.1 Å². The predicted octanol–water partition coefficient (Wildman–Crippen LogP) is 5.43. The van der Waals surface area contributed by atoms with Gasteiger partial charge in [-0.3, -0.25) is 9.36 Å². The Labute approximate surface area is 200 Å². The predicted molar refractivity (Wildman–Crippen MR) is 133 cm³/mol. The van der Waals surface area contributed by atoms with Crippen molar-refractivity contribution >= 4 is 17.7 Å². The van der Waals surface area contributed by atoms with Gasteiger partial charge in [-0.15, -0.1) is 10.2 Å². The molecule has 0 saturated heterocycles. The zero-order chi connectivity index (χ0) is 23.4. The van der Waals surface area contributed by atoms with E-state index in [1.54, 1.807) is 7.11 Å². The van der Waals surface area contributed by atoms with E-state index < -0.39 is 0 Å². The quantitative estimate of drug-likeness (QED) is 0.473. The Balaban J connectivity index is 1.64. The highest BCUT2D eigenvalue weighted by Gasteiger charge is 2.27. The van der Waals surface area contributed by atoms with Crippen molar-refractivity contribution in [1.82, 2.24) is 20.1 Å². The second-order valence-corrected chi connectivity index (χ2v) is 10.1. The largest absolute Gasteiger partial charge is 0.496 e. The van der Waals surface area contributed by atoms with Gasteiger partial charge in [-0.05, 0) is 56.9 Å². The van der Waals surface area contributed by atoms with E-state index in [0.717, 1.165) is 23.4 Å². The van der Waals surface area contributed by atoms with Gasteiger partial charge in [0.15, 0.2) is 11.0 Å². The summed E-state index contributed by atoms with van der Waals surface area (Å²) in [6.45, 7) is 6.23. The van der Waals surface area contributed by atoms with Gasteiger partial charge in [0.25, 0.3) is 0 Å². The zero-order valence-electron chi connectivity index (χ0n) is 19.7. The standard InChI is InChI=1S/C26H32N4O2S/c1-17-13-15-20(16-14-17)30-24(21-10-6-8-12-23(21)32-4)28-29-26(30)33-19(3)25(31)27-22-11-7-5-9-18(22)2/h6,8,10,12-16,18-19,22H,5,7,9,11H2,1-4H3,(H,27,31). The summed E-state index contributed by atoms with van der Waals surface area (Å²) in [6.07, 6.45) is 4.67. The van der Waals surface area contributed by atoms with Gasteiger partial charge in [-0.1, -0.05) is 61.4 Å². The second-order valence-electron chi connectivity index (χ2n) is 8.81. The number of ether oxygens (including phenoxy) is 1. The number of nitrogens with zero attached hydrogens (tertiary/aromatic N) is 3. The molecule has 1 aliphatic rings. The lowest BCUT2D eigenvalue weighted by molar-refractivity contribution is -0.121. The molecule has 3 unspecified atom stereocenters. The summed E-state index contributed by atoms with van der Waals surface area (Å²) in [5.41, 5.74) is 2.98. The smallest absolute Gasteiger partial charge is 0.233 e. The minimum Gasteiger partial charge on any atom is -0.496 e. The summed E-state index contributed by atoms with van der Waals surface area (Å²) >= 11 is 1.43. The lowest BCUT2D eigenvalue weighted by Gasteiger charge is -2.30. The fourth-order valence-corrected chi connectivity index (χ4v) is 5.20. The van der Waals surface area contributed by atoms with Crippen molar-refractivity contribution in [2.75, 3.05) is 7.11 Å². The molecule has 0 aliphatic heterocycles. The molecule has 1 aliphatic carbocycles. The van der Waals surface area contributed by atoms with Gasteiger partial charge in [0.05, 0.1) is 17.9 Å². The van der Waals surface area contributed by atoms with E-state index in [2.05, 4.69) is 53.6 Å². The first kappa shape index (κ1) is 23.4. The Hall–Kier alpha value is -2.80. The molecule has 1 saturated carbocycles. The number of carbonyl (C=O) groups is 1. The number of nitrogens with one attached hydrogen (secondary N) is 1. The molecule has 0 radical (unpaired) electrons. The maximum absolute atomic E-state index is 13.0. The molecule has 174 valence electrons. The summed E-state index contributed by atoms with van der Waals surface area (Å²) in [5.74, 6) is 1.99. The molecule has 1 fully saturated rings. The van der Waals surface area contributed by atoms with E-state index in [1.807, 2.05) is 35.8 Å². The summed E-state index contributed by atoms with van der Waals surface area (Å²) in [4.78, 5) is 13.0. The van der Waals surface area contributed by atoms with Gasteiger partial charge < -0.3 is 10.1 Å². The van der Waals surface area contributed by atoms with Crippen molar-refractivity contribution in [3.05, 3.63) is 54.1 Å². The van der Waals surface area contributed by atoms with Crippen LogP contribution in [0.4, 0.5) is 0 Å². The number of hydrogen-bond donors (Lipinski definition) is 1. The van der Waals surface area contributed by atoms with Crippen LogP contribution in [0.5, 0.6) is 5.75 Å². The molecule has 4 rings (SSSR count). The third-order valence-corrected chi connectivity index (χ3v) is 7.41. The van der Waals surface area contributed by atoms with Gasteiger partial charge in [0.2, 0.25) is 5.91 Å². The first-order valence-corrected chi connectivity index (χ1v) is 12.5. The molecule has 7 heteroatoms. The van der Waals surface area contributed by atoms with Crippen LogP contribution in [0.15, 0.2) is 53.7 Å². The monoisotopic (exact) mass is 464 g/mol. The molecule has 1 amide bonds. The maximum Gasteiger partial charge on any atom is 0.233 e. The number of para-hydroxylation sites is 1. The van der Waals surface area contributed by atoms with Crippen LogP contribution in [0.3, 0.4) is 0 Å². The number of thioether (sulfide) groups is 1. The van der Waals surface area contributed by atoms with Crippen molar-refractivity contribution in [1.29, 1.82) is 0 Å². The first-order valence-electron chi connectivity index (χ1n) is 11.6. The highest BCUT2D eigenvalue weighted by atomic mass is 32.2. The molecular formula is C26H32N4O2S. The third-order valence-electron chi connectivity index (χ3n) is 6.36. The average molecular weight is 465 g/mol. The number of carbonyl (C=O) groups excluding carboxylic acids is 1. The number of aryl methyl sites for hydroxylation is 1. The van der Waals surface area contributed by atoms with Crippen molar-refractivity contribution < 1.29 is 9.53 Å². The van der Waals surface area contributed by atoms with E-state index >= 15 is 0 Å². The van der Waals surface area contributed by atoms with Gasteiger partial charge in [-0.2, -0.15) is 0 Å². The van der Waals surface area contributed by atoms with E-state index in [-0.39, 0.29) is 17.2 Å². The Morgan fingerprint density at radius 1 is 1.12 bits per heavy atom. The minimum absolute atomic E-state index is 0.0519. The minimum atomic E-state index is -0.293. The fraction of sp³-hybridized carbons (Fsp3) is 0.423. The van der Waals surface area contributed by atoms with Crippen LogP contribution < -0.4 is 10.1 Å². The number of methoxy groups -OCH3 is 1. The Morgan fingerprint density at radius 3 is 2.58 bits per heavy atom. The molecule has 0 bridgehead atoms. The number of rotatable bonds is 7. The fourth-order valence-electron chi connectivity index (χ4n) is 4.32. The molecule has 6 nitrogen and oxygen atoms in total. The summed E-state index contributed by atoms with van der Waals surface area (Å²) in [7, 11) is 1.65. The van der Waals surface area contributed by atoms with Crippen LogP contribution >= 0.6 is 11.8 Å². The van der Waals surface area contributed by atoms with Gasteiger partial charge in [0.1, 0.15) is 5.75 Å². The van der Waals surface area contributed by atoms with Crippen molar-refractivity contribution in [3.8, 4) is 22.8 Å². The van der Waals surface area contributed by atoms with Crippen LogP contribution in [0.2, 0.25) is 0 Å². The van der Waals surface area contributed by atoms with Gasteiger partial charge >= 0.3 is 0 Å². The maximum atomic E-state index is 13.0. The Bertz CT molecular complexity index is 1100. The molecular weight excluding hydrogens is 432 g/mol. The van der Waals surface area contributed by atoms with Crippen molar-refractivity contribution in [2.45, 2.75) is 62.9 Å². The lowest BCUT2D eigenvalue weighted by atomic mass is 9.86. The van der Waals surface area contributed by atoms with Gasteiger partial charge in [-0.25, -0.2) is 0 Å². The summed E-state index contributed by atoms with van der Waals surface area (Å²) in [6, 6.07) is 16.3. The van der Waals surface area contributed by atoms with Crippen LogP contribution in [-0.4, -0.2) is 39.1 Å². The SMILES string of the molecule is COc1ccccc1-c1nnc(SC(C)C(=O)NC2CCCCC2C)n1-c1ccc(C)cc1. The van der Waals surface area contributed by atoms with Crippen molar-refractivity contribution in [3.63, 3.8) is 0 Å². The van der Waals surface area contributed by atoms with E-state index in [9.17, 15) is 4.79 Å². The molecule has 2 aromatic carbocycles. The van der Waals surface area contributed by atoms with Crippen LogP contribution in [0.25, 0.3) is 17.1 Å². The third kappa shape index (κ3) is 5.24. The summed E-state index contributed by atoms with van der Waals surface area (Å²) < 4.78 is 7.59. The average Bonchev–Trinajstić information content (AvgIpc) is 3.24. The Morgan fingerprint density at radius 2 is 1.85 bits per heavy atom. The van der Waals surface area contributed by atoms with Crippen LogP contribution in [-0.2, 0) is 4.79 Å². The molecule has 33 heavy (non-hydrogen) atoms. The normalized spacial score (nSPS) is 19.2. The second kappa shape index (κ2) is 10.4. The lowest BCUT2D eigenvalue weighted by Crippen LogP contribution is -2.44. The Kier molecular flexibility index (Phi) is 7.38. The molecule has 3 atom stereocenters. The highest BCUT2D eigenvalue weighted by molar-refractivity contribution is 8.00. The van der Waals surface area contributed by atoms with Crippen LogP contribution in [0, 0.1) is 12.8 Å². The number of aromatic nitrogens is 3. The first-order chi connectivity index (χ1) is 16.0. The van der Waals surface area contributed by atoms with E-state index in [4.69, 9.17) is 4.74 Å². The zero-order valence-corrected chi connectivity index (χ0v) is 20.6. The van der Waals surface area contributed by atoms with E-state index in [0.29, 0.717) is 16.9 Å². The summed E-state index contributed by atoms with van der Waals surface area (Å²) in [5, 5.41) is 12.7. The molecule has 3 aromatic rings. The molecule has 0 spiro atoms. The topological polar surface area (TPSA) is 69.0 Å². The molecule has 1 heterocycles. The van der Waals surface area contributed by atoms with Gasteiger partial charge in [0, 0.05) is 11.7 Å². The number of amides is 1.